The number of hydrogen-bond donors (Lipinski definition) is 7. The van der Waals surface area contributed by atoms with Crippen molar-refractivity contribution in [3.8, 4) is 40.2 Å². The molecular weight excluding hydrogens is 340 g/mol. The molecule has 0 amide bonds. The van der Waals surface area contributed by atoms with E-state index in [2.05, 4.69) is 0 Å². The van der Waals surface area contributed by atoms with Gasteiger partial charge in [0.05, 0.1) is 0 Å². The molecule has 0 aromatic heterocycles. The van der Waals surface area contributed by atoms with Crippen LogP contribution in [0.2, 0.25) is 0 Å². The summed E-state index contributed by atoms with van der Waals surface area (Å²) in [6.45, 7) is 0. The lowest BCUT2D eigenvalue weighted by molar-refractivity contribution is 0.360. The molecule has 0 aliphatic rings. The van der Waals surface area contributed by atoms with Gasteiger partial charge in [0, 0.05) is 17.0 Å². The smallest absolute Gasteiger partial charge is 0.200 e. The highest BCUT2D eigenvalue weighted by molar-refractivity contribution is 5.63. The Hall–Kier alpha value is -3.74. The molecule has 0 aliphatic heterocycles. The zero-order chi connectivity index (χ0) is 19.0. The Morgan fingerprint density at radius 1 is 0.462 bits per heavy atom. The second kappa shape index (κ2) is 6.29. The van der Waals surface area contributed by atoms with Gasteiger partial charge in [0.2, 0.25) is 11.5 Å². The summed E-state index contributed by atoms with van der Waals surface area (Å²) in [4.78, 5) is 0. The molecule has 0 atom stereocenters. The predicted octanol–water partition coefficient (Wildman–Crippen LogP) is 2.81. The largest absolute Gasteiger partial charge is 0.508 e. The Morgan fingerprint density at radius 2 is 0.885 bits per heavy atom. The summed E-state index contributed by atoms with van der Waals surface area (Å²) in [6, 6.07) is 10.9. The molecule has 7 N–H and O–H groups in total. The van der Waals surface area contributed by atoms with Gasteiger partial charge >= 0.3 is 0 Å². The average molecular weight is 356 g/mol. The first-order valence-electron chi connectivity index (χ1n) is 7.57. The van der Waals surface area contributed by atoms with E-state index in [0.29, 0.717) is 5.56 Å². The first kappa shape index (κ1) is 17.1. The van der Waals surface area contributed by atoms with Gasteiger partial charge in [0.1, 0.15) is 5.75 Å². The second-order valence-electron chi connectivity index (χ2n) is 5.77. The minimum Gasteiger partial charge on any atom is -0.508 e. The maximum Gasteiger partial charge on any atom is 0.200 e. The van der Waals surface area contributed by atoms with Gasteiger partial charge in [-0.2, -0.15) is 0 Å². The van der Waals surface area contributed by atoms with Gasteiger partial charge in [-0.3, -0.25) is 0 Å². The SMILES string of the molecule is Oc1ccc(C(c2ccc(O)c(O)c2O)c2ccc(O)c(O)c2O)cc1. The maximum absolute atomic E-state index is 10.3. The molecule has 0 bridgehead atoms. The van der Waals surface area contributed by atoms with E-state index in [1.807, 2.05) is 0 Å². The molecule has 0 saturated carbocycles. The number of hydrogen-bond acceptors (Lipinski definition) is 7. The van der Waals surface area contributed by atoms with E-state index < -0.39 is 40.4 Å². The van der Waals surface area contributed by atoms with E-state index in [4.69, 9.17) is 0 Å². The van der Waals surface area contributed by atoms with Gasteiger partial charge in [0.15, 0.2) is 23.0 Å². The molecule has 3 aromatic carbocycles. The zero-order valence-corrected chi connectivity index (χ0v) is 13.3. The van der Waals surface area contributed by atoms with E-state index in [-0.39, 0.29) is 16.9 Å². The molecule has 0 heterocycles. The van der Waals surface area contributed by atoms with Crippen LogP contribution in [0.25, 0.3) is 0 Å². The van der Waals surface area contributed by atoms with Gasteiger partial charge in [-0.25, -0.2) is 0 Å². The lowest BCUT2D eigenvalue weighted by Gasteiger charge is -2.22. The predicted molar refractivity (Wildman–Crippen MR) is 91.9 cm³/mol. The zero-order valence-electron chi connectivity index (χ0n) is 13.3. The fraction of sp³-hybridized carbons (Fsp3) is 0.0526. The van der Waals surface area contributed by atoms with E-state index in [1.54, 1.807) is 0 Å². The Bertz CT molecular complexity index is 907. The minimum absolute atomic E-state index is 0.00282. The lowest BCUT2D eigenvalue weighted by Crippen LogP contribution is -2.04. The Labute approximate surface area is 147 Å². The first-order chi connectivity index (χ1) is 12.3. The second-order valence-corrected chi connectivity index (χ2v) is 5.77. The molecule has 3 rings (SSSR count). The standard InChI is InChI=1S/C19H16O7/c20-10-3-1-9(2-4-10)15(11-5-7-13(21)18(25)16(11)23)12-6-8-14(22)19(26)17(12)24/h1-8,15,20-26H. The van der Waals surface area contributed by atoms with Gasteiger partial charge < -0.3 is 35.7 Å². The quantitative estimate of drug-likeness (QED) is 0.282. The summed E-state index contributed by atoms with van der Waals surface area (Å²) >= 11 is 0. The van der Waals surface area contributed by atoms with Crippen molar-refractivity contribution in [1.82, 2.24) is 0 Å². The molecule has 0 aliphatic carbocycles. The number of benzene rings is 3. The van der Waals surface area contributed by atoms with Crippen molar-refractivity contribution >= 4 is 0 Å². The van der Waals surface area contributed by atoms with Gasteiger partial charge in [-0.15, -0.1) is 0 Å². The van der Waals surface area contributed by atoms with Crippen LogP contribution >= 0.6 is 0 Å². The highest BCUT2D eigenvalue weighted by atomic mass is 16.3. The molecular formula is C19H16O7. The number of phenolic OH excluding ortho intramolecular Hbond substituents is 7. The van der Waals surface area contributed by atoms with Crippen LogP contribution in [0.5, 0.6) is 40.2 Å². The normalized spacial score (nSPS) is 11.0. The van der Waals surface area contributed by atoms with Crippen LogP contribution in [-0.4, -0.2) is 35.7 Å². The molecule has 134 valence electrons. The van der Waals surface area contributed by atoms with Crippen LogP contribution in [-0.2, 0) is 0 Å². The van der Waals surface area contributed by atoms with Crippen molar-refractivity contribution in [1.29, 1.82) is 0 Å². The summed E-state index contributed by atoms with van der Waals surface area (Å²) in [5, 5.41) is 68.9. The third-order valence-electron chi connectivity index (χ3n) is 4.17. The molecule has 0 saturated heterocycles. The summed E-state index contributed by atoms with van der Waals surface area (Å²) < 4.78 is 0. The van der Waals surface area contributed by atoms with Crippen LogP contribution in [0.3, 0.4) is 0 Å². The Morgan fingerprint density at radius 3 is 1.31 bits per heavy atom. The highest BCUT2D eigenvalue weighted by Gasteiger charge is 2.27. The van der Waals surface area contributed by atoms with Crippen molar-refractivity contribution in [2.24, 2.45) is 0 Å². The Balaban J connectivity index is 2.30. The van der Waals surface area contributed by atoms with E-state index in [9.17, 15) is 35.7 Å². The molecule has 26 heavy (non-hydrogen) atoms. The molecule has 0 unspecified atom stereocenters. The number of aromatic hydroxyl groups is 7. The summed E-state index contributed by atoms with van der Waals surface area (Å²) in [7, 11) is 0. The van der Waals surface area contributed by atoms with E-state index >= 15 is 0 Å². The molecule has 0 spiro atoms. The summed E-state index contributed by atoms with van der Waals surface area (Å²) in [6.07, 6.45) is 0. The van der Waals surface area contributed by atoms with Crippen LogP contribution in [0, 0.1) is 0 Å². The van der Waals surface area contributed by atoms with E-state index in [1.165, 1.54) is 48.5 Å². The molecule has 7 heteroatoms. The molecule has 0 fully saturated rings. The third kappa shape index (κ3) is 2.75. The summed E-state index contributed by atoms with van der Waals surface area (Å²) in [5.41, 5.74) is 0.765. The van der Waals surface area contributed by atoms with E-state index in [0.717, 1.165) is 0 Å². The Kier molecular flexibility index (Phi) is 4.13. The molecule has 0 radical (unpaired) electrons. The highest BCUT2D eigenvalue weighted by Crippen LogP contribution is 2.49. The van der Waals surface area contributed by atoms with Crippen molar-refractivity contribution in [2.75, 3.05) is 0 Å². The maximum atomic E-state index is 10.3. The number of rotatable bonds is 3. The van der Waals surface area contributed by atoms with Crippen LogP contribution in [0.15, 0.2) is 48.5 Å². The van der Waals surface area contributed by atoms with Crippen LogP contribution in [0.1, 0.15) is 22.6 Å². The van der Waals surface area contributed by atoms with Crippen molar-refractivity contribution in [3.63, 3.8) is 0 Å². The molecule has 3 aromatic rings. The third-order valence-corrected chi connectivity index (χ3v) is 4.17. The van der Waals surface area contributed by atoms with Crippen molar-refractivity contribution in [2.45, 2.75) is 5.92 Å². The minimum atomic E-state index is -0.881. The average Bonchev–Trinajstić information content (AvgIpc) is 2.63. The first-order valence-corrected chi connectivity index (χ1v) is 7.57. The molecule has 7 nitrogen and oxygen atoms in total. The number of phenols is 7. The monoisotopic (exact) mass is 356 g/mol. The van der Waals surface area contributed by atoms with Gasteiger partial charge in [-0.1, -0.05) is 24.3 Å². The fourth-order valence-electron chi connectivity index (χ4n) is 2.83. The van der Waals surface area contributed by atoms with Gasteiger partial charge in [-0.05, 0) is 29.8 Å². The van der Waals surface area contributed by atoms with Gasteiger partial charge in [0.25, 0.3) is 0 Å². The van der Waals surface area contributed by atoms with Crippen molar-refractivity contribution in [3.05, 3.63) is 65.2 Å². The topological polar surface area (TPSA) is 142 Å². The van der Waals surface area contributed by atoms with Crippen LogP contribution in [0.4, 0.5) is 0 Å². The lowest BCUT2D eigenvalue weighted by atomic mass is 9.83. The van der Waals surface area contributed by atoms with Crippen molar-refractivity contribution < 1.29 is 35.7 Å². The van der Waals surface area contributed by atoms with Crippen LogP contribution < -0.4 is 0 Å². The summed E-state index contributed by atoms with van der Waals surface area (Å²) in [5.74, 6) is -4.58. The fourth-order valence-corrected chi connectivity index (χ4v) is 2.83.